The SMILES string of the molecule is COc1cc([C@H]2C3=CC[C@@H]4C(=O)N(CCc5ccc(O)cc5)C(=O)[C@@H]4[C@@H]3C[C@H]3C(=O)N(Nc4ccc(F)cc4)C(=O)[C@@]23c2ccc(Cl)cc2)cc(Cl)c1O. The fraction of sp³-hybridized carbons (Fsp3) is 0.268. The maximum atomic E-state index is 15.3. The number of allylic oxidation sites excluding steroid dienone is 2. The maximum absolute atomic E-state index is 15.3. The average Bonchev–Trinajstić information content (AvgIpc) is 3.53. The van der Waals surface area contributed by atoms with Gasteiger partial charge in [-0.05, 0) is 103 Å². The van der Waals surface area contributed by atoms with E-state index in [0.29, 0.717) is 33.8 Å². The molecular weight excluding hydrogens is 736 g/mol. The smallest absolute Gasteiger partial charge is 0.260 e. The number of fused-ring (bicyclic) bond motifs is 4. The lowest BCUT2D eigenvalue weighted by Gasteiger charge is -2.50. The van der Waals surface area contributed by atoms with Crippen molar-refractivity contribution >= 4 is 52.5 Å². The zero-order valence-electron chi connectivity index (χ0n) is 28.8. The first-order chi connectivity index (χ1) is 25.9. The number of hydrogen-bond donors (Lipinski definition) is 3. The average molecular weight is 771 g/mol. The molecule has 0 aromatic heterocycles. The second kappa shape index (κ2) is 13.5. The Balaban J connectivity index is 1.28. The van der Waals surface area contributed by atoms with Crippen molar-refractivity contribution in [2.75, 3.05) is 19.1 Å². The fourth-order valence-corrected chi connectivity index (χ4v) is 9.48. The Morgan fingerprint density at radius 2 is 1.59 bits per heavy atom. The first kappa shape index (κ1) is 35.6. The fourth-order valence-electron chi connectivity index (χ4n) is 9.14. The number of likely N-dealkylation sites (tertiary alicyclic amines) is 1. The molecule has 13 heteroatoms. The summed E-state index contributed by atoms with van der Waals surface area (Å²) in [4.78, 5) is 59.7. The van der Waals surface area contributed by atoms with Crippen molar-refractivity contribution in [3.05, 3.63) is 129 Å². The molecule has 0 spiro atoms. The van der Waals surface area contributed by atoms with Gasteiger partial charge in [0.2, 0.25) is 11.8 Å². The molecular formula is C41H34Cl2FN3O7. The van der Waals surface area contributed by atoms with E-state index < -0.39 is 52.6 Å². The van der Waals surface area contributed by atoms with E-state index in [1.807, 2.05) is 6.08 Å². The molecule has 0 unspecified atom stereocenters. The molecule has 2 saturated heterocycles. The summed E-state index contributed by atoms with van der Waals surface area (Å²) in [5.41, 5.74) is 4.06. The number of phenolic OH excluding ortho intramolecular Hbond substituents is 2. The van der Waals surface area contributed by atoms with E-state index in [0.717, 1.165) is 10.6 Å². The van der Waals surface area contributed by atoms with Gasteiger partial charge < -0.3 is 14.9 Å². The monoisotopic (exact) mass is 769 g/mol. The zero-order valence-corrected chi connectivity index (χ0v) is 30.4. The third-order valence-corrected chi connectivity index (χ3v) is 12.1. The van der Waals surface area contributed by atoms with Crippen molar-refractivity contribution in [3.8, 4) is 17.2 Å². The molecule has 8 rings (SSSR count). The Hall–Kier alpha value is -5.39. The van der Waals surface area contributed by atoms with Gasteiger partial charge in [-0.15, -0.1) is 0 Å². The second-order valence-corrected chi connectivity index (χ2v) is 15.0. The van der Waals surface area contributed by atoms with Gasteiger partial charge in [0.25, 0.3) is 11.8 Å². The lowest BCUT2D eigenvalue weighted by atomic mass is 9.49. The summed E-state index contributed by atoms with van der Waals surface area (Å²) in [6, 6.07) is 21.6. The predicted molar refractivity (Wildman–Crippen MR) is 197 cm³/mol. The number of phenols is 2. The number of aromatic hydroxyl groups is 2. The Labute approximate surface area is 319 Å². The minimum absolute atomic E-state index is 0.0438. The third kappa shape index (κ3) is 5.51. The quantitative estimate of drug-likeness (QED) is 0.132. The number of carbonyl (C=O) groups is 4. The van der Waals surface area contributed by atoms with Crippen LogP contribution in [0.1, 0.15) is 35.4 Å². The Bertz CT molecular complexity index is 2230. The van der Waals surface area contributed by atoms with Gasteiger partial charge in [0.05, 0.1) is 41.0 Å². The number of methoxy groups -OCH3 is 1. The Morgan fingerprint density at radius 3 is 2.28 bits per heavy atom. The Morgan fingerprint density at radius 1 is 0.889 bits per heavy atom. The molecule has 0 bridgehead atoms. The molecule has 1 saturated carbocycles. The van der Waals surface area contributed by atoms with Crippen LogP contribution in [0.4, 0.5) is 10.1 Å². The summed E-state index contributed by atoms with van der Waals surface area (Å²) >= 11 is 13.0. The lowest BCUT2D eigenvalue weighted by molar-refractivity contribution is -0.141. The number of ether oxygens (including phenoxy) is 1. The predicted octanol–water partition coefficient (Wildman–Crippen LogP) is 6.78. The van der Waals surface area contributed by atoms with Crippen molar-refractivity contribution in [2.24, 2.45) is 23.7 Å². The highest BCUT2D eigenvalue weighted by Crippen LogP contribution is 2.64. The van der Waals surface area contributed by atoms with Crippen molar-refractivity contribution < 1.29 is 38.5 Å². The topological polar surface area (TPSA) is 136 Å². The number of nitrogens with one attached hydrogen (secondary N) is 1. The van der Waals surface area contributed by atoms with Crippen LogP contribution < -0.4 is 10.2 Å². The highest BCUT2D eigenvalue weighted by molar-refractivity contribution is 6.32. The molecule has 4 aromatic carbocycles. The van der Waals surface area contributed by atoms with Crippen LogP contribution in [0.2, 0.25) is 10.0 Å². The van der Waals surface area contributed by atoms with Crippen LogP contribution >= 0.6 is 23.2 Å². The van der Waals surface area contributed by atoms with Gasteiger partial charge in [-0.25, -0.2) is 4.39 Å². The zero-order chi connectivity index (χ0) is 38.1. The van der Waals surface area contributed by atoms with Crippen LogP contribution in [0.25, 0.3) is 0 Å². The molecule has 2 aliphatic carbocycles. The number of hydrogen-bond acceptors (Lipinski definition) is 8. The number of nitrogens with zero attached hydrogens (tertiary/aromatic N) is 2. The van der Waals surface area contributed by atoms with Crippen LogP contribution in [0.3, 0.4) is 0 Å². The van der Waals surface area contributed by atoms with E-state index in [-0.39, 0.29) is 53.5 Å². The molecule has 276 valence electrons. The van der Waals surface area contributed by atoms with Crippen molar-refractivity contribution in [3.63, 3.8) is 0 Å². The summed E-state index contributed by atoms with van der Waals surface area (Å²) in [5.74, 6) is -6.56. The number of halogens is 3. The summed E-state index contributed by atoms with van der Waals surface area (Å²) < 4.78 is 19.4. The molecule has 4 amide bonds. The minimum atomic E-state index is -1.63. The van der Waals surface area contributed by atoms with Gasteiger partial charge in [-0.2, -0.15) is 5.01 Å². The molecule has 2 aliphatic heterocycles. The van der Waals surface area contributed by atoms with E-state index in [2.05, 4.69) is 5.43 Å². The Kier molecular flexibility index (Phi) is 8.89. The van der Waals surface area contributed by atoms with Gasteiger partial charge in [-0.3, -0.25) is 29.5 Å². The minimum Gasteiger partial charge on any atom is -0.508 e. The molecule has 3 N–H and O–H groups in total. The van der Waals surface area contributed by atoms with Crippen LogP contribution in [-0.4, -0.2) is 57.4 Å². The molecule has 2 heterocycles. The molecule has 54 heavy (non-hydrogen) atoms. The van der Waals surface area contributed by atoms with E-state index in [1.165, 1.54) is 42.3 Å². The summed E-state index contributed by atoms with van der Waals surface area (Å²) in [6.45, 7) is 0.136. The van der Waals surface area contributed by atoms with E-state index in [1.54, 1.807) is 54.6 Å². The summed E-state index contributed by atoms with van der Waals surface area (Å²) in [5, 5.41) is 21.8. The molecule has 0 radical (unpaired) electrons. The number of anilines is 1. The van der Waals surface area contributed by atoms with Crippen LogP contribution in [-0.2, 0) is 31.0 Å². The van der Waals surface area contributed by atoms with E-state index in [9.17, 15) is 29.0 Å². The number of imide groups is 2. The maximum Gasteiger partial charge on any atom is 0.260 e. The van der Waals surface area contributed by atoms with Gasteiger partial charge in [0, 0.05) is 17.5 Å². The summed E-state index contributed by atoms with van der Waals surface area (Å²) in [7, 11) is 1.37. The van der Waals surface area contributed by atoms with Crippen LogP contribution in [0.5, 0.6) is 17.2 Å². The van der Waals surface area contributed by atoms with E-state index in [4.69, 9.17) is 27.9 Å². The highest BCUT2D eigenvalue weighted by atomic mass is 35.5. The van der Waals surface area contributed by atoms with Crippen molar-refractivity contribution in [2.45, 2.75) is 30.6 Å². The van der Waals surface area contributed by atoms with Gasteiger partial charge in [0.1, 0.15) is 11.6 Å². The first-order valence-corrected chi connectivity index (χ1v) is 18.3. The number of hydrazine groups is 1. The van der Waals surface area contributed by atoms with E-state index >= 15 is 4.79 Å². The number of benzene rings is 4. The van der Waals surface area contributed by atoms with Gasteiger partial charge in [0.15, 0.2) is 11.5 Å². The second-order valence-electron chi connectivity index (χ2n) is 14.2. The molecule has 4 aromatic rings. The van der Waals surface area contributed by atoms with Crippen LogP contribution in [0.15, 0.2) is 96.6 Å². The highest BCUT2D eigenvalue weighted by Gasteiger charge is 2.70. The number of amides is 4. The van der Waals surface area contributed by atoms with Crippen molar-refractivity contribution in [1.29, 1.82) is 0 Å². The first-order valence-electron chi connectivity index (χ1n) is 17.5. The third-order valence-electron chi connectivity index (χ3n) is 11.5. The van der Waals surface area contributed by atoms with Gasteiger partial charge >= 0.3 is 0 Å². The van der Waals surface area contributed by atoms with Gasteiger partial charge in [-0.1, -0.05) is 59.1 Å². The van der Waals surface area contributed by atoms with Crippen LogP contribution in [0, 0.1) is 29.5 Å². The lowest BCUT2D eigenvalue weighted by Crippen LogP contribution is -2.53. The number of carbonyl (C=O) groups excluding carboxylic acids is 4. The normalized spacial score (nSPS) is 26.0. The largest absolute Gasteiger partial charge is 0.508 e. The summed E-state index contributed by atoms with van der Waals surface area (Å²) in [6.07, 6.45) is 2.58. The number of rotatable bonds is 8. The molecule has 10 nitrogen and oxygen atoms in total. The molecule has 4 aliphatic rings. The molecule has 6 atom stereocenters. The van der Waals surface area contributed by atoms with Crippen molar-refractivity contribution in [1.82, 2.24) is 9.91 Å². The molecule has 3 fully saturated rings. The standard InChI is InChI=1S/C41H34Cl2FN3O7/c1-54-33-19-22(18-32(43)36(33)49)35-28-14-15-29-34(39(52)46(37(29)50)17-16-21-2-12-27(48)13-3-21)30(28)20-31-38(51)47(45-26-10-8-25(44)9-11-26)40(53)41(31,35)23-4-6-24(42)7-5-23/h2-14,18-19,29-31,34-35,45,48-49H,15-17,20H2,1H3/t29-,30+,31-,34-,35-,41+/m0/s1.